The summed E-state index contributed by atoms with van der Waals surface area (Å²) in [6.45, 7) is 1.96. The van der Waals surface area contributed by atoms with Gasteiger partial charge in [-0.1, -0.05) is 18.2 Å². The zero-order chi connectivity index (χ0) is 14.5. The molecule has 0 atom stereocenters. The third kappa shape index (κ3) is 3.12. The minimum atomic E-state index is -0.464. The summed E-state index contributed by atoms with van der Waals surface area (Å²) in [6, 6.07) is 13.8. The van der Waals surface area contributed by atoms with Crippen LogP contribution in [0.25, 0.3) is 0 Å². The van der Waals surface area contributed by atoms with Crippen LogP contribution in [0, 0.1) is 28.4 Å². The van der Waals surface area contributed by atoms with E-state index >= 15 is 0 Å². The van der Waals surface area contributed by atoms with Gasteiger partial charge in [-0.15, -0.1) is 0 Å². The van der Waals surface area contributed by atoms with Gasteiger partial charge < -0.3 is 4.74 Å². The molecule has 2 rings (SSSR count). The van der Waals surface area contributed by atoms with Gasteiger partial charge >= 0.3 is 5.69 Å². The van der Waals surface area contributed by atoms with Crippen molar-refractivity contribution in [2.45, 2.75) is 13.5 Å². The Bertz CT molecular complexity index is 690. The molecule has 0 spiro atoms. The van der Waals surface area contributed by atoms with Gasteiger partial charge in [0.25, 0.3) is 0 Å². The fourth-order valence-corrected chi connectivity index (χ4v) is 1.78. The van der Waals surface area contributed by atoms with Crippen LogP contribution >= 0.6 is 0 Å². The number of nitro groups is 1. The Morgan fingerprint density at radius 3 is 2.80 bits per heavy atom. The number of rotatable bonds is 4. The molecule has 0 saturated carbocycles. The Morgan fingerprint density at radius 2 is 2.10 bits per heavy atom. The van der Waals surface area contributed by atoms with Crippen molar-refractivity contribution in [3.8, 4) is 11.8 Å². The van der Waals surface area contributed by atoms with E-state index in [1.165, 1.54) is 6.07 Å². The molecule has 2 aromatic rings. The molecule has 0 aliphatic rings. The Balaban J connectivity index is 2.19. The zero-order valence-corrected chi connectivity index (χ0v) is 10.9. The Kier molecular flexibility index (Phi) is 3.96. The fraction of sp³-hybridized carbons (Fsp3) is 0.133. The van der Waals surface area contributed by atoms with Gasteiger partial charge in [0, 0.05) is 6.07 Å². The smallest absolute Gasteiger partial charge is 0.311 e. The van der Waals surface area contributed by atoms with Crippen molar-refractivity contribution in [2.24, 2.45) is 0 Å². The van der Waals surface area contributed by atoms with E-state index < -0.39 is 4.92 Å². The van der Waals surface area contributed by atoms with Crippen LogP contribution in [0.4, 0.5) is 5.69 Å². The fourth-order valence-electron chi connectivity index (χ4n) is 1.78. The second-order valence-corrected chi connectivity index (χ2v) is 4.33. The summed E-state index contributed by atoms with van der Waals surface area (Å²) in [6.07, 6.45) is 0. The van der Waals surface area contributed by atoms with Crippen molar-refractivity contribution in [3.05, 3.63) is 69.3 Å². The number of hydrogen-bond donors (Lipinski definition) is 0. The number of aryl methyl sites for hydroxylation is 1. The Morgan fingerprint density at radius 1 is 1.30 bits per heavy atom. The average molecular weight is 268 g/mol. The molecule has 0 radical (unpaired) electrons. The highest BCUT2D eigenvalue weighted by Crippen LogP contribution is 2.28. The van der Waals surface area contributed by atoms with Crippen LogP contribution in [0.15, 0.2) is 42.5 Å². The van der Waals surface area contributed by atoms with E-state index in [9.17, 15) is 10.1 Å². The lowest BCUT2D eigenvalue weighted by molar-refractivity contribution is -0.386. The van der Waals surface area contributed by atoms with Gasteiger partial charge in [-0.3, -0.25) is 10.1 Å². The van der Waals surface area contributed by atoms with Gasteiger partial charge in [0.1, 0.15) is 6.61 Å². The maximum Gasteiger partial charge on any atom is 0.311 e. The predicted octanol–water partition coefficient (Wildman–Crippen LogP) is 3.35. The minimum Gasteiger partial charge on any atom is -0.482 e. The van der Waals surface area contributed by atoms with E-state index in [-0.39, 0.29) is 18.0 Å². The summed E-state index contributed by atoms with van der Waals surface area (Å²) in [5.41, 5.74) is 2.07. The molecule has 0 fully saturated rings. The molecule has 0 aliphatic heterocycles. The molecule has 0 amide bonds. The zero-order valence-electron chi connectivity index (χ0n) is 10.9. The van der Waals surface area contributed by atoms with Crippen molar-refractivity contribution in [2.75, 3.05) is 0 Å². The van der Waals surface area contributed by atoms with Gasteiger partial charge in [0.2, 0.25) is 0 Å². The third-order valence-electron chi connectivity index (χ3n) is 2.76. The molecule has 0 unspecified atom stereocenters. The number of ether oxygens (including phenoxy) is 1. The lowest BCUT2D eigenvalue weighted by Crippen LogP contribution is -1.99. The van der Waals surface area contributed by atoms with Crippen molar-refractivity contribution < 1.29 is 9.66 Å². The quantitative estimate of drug-likeness (QED) is 0.629. The monoisotopic (exact) mass is 268 g/mol. The topological polar surface area (TPSA) is 76.2 Å². The number of benzene rings is 2. The standard InChI is InChI=1S/C15H12N2O3/c1-11-5-6-15(14(7-11)17(18)19)20-10-13-4-2-3-12(8-13)9-16/h2-8H,10H2,1H3. The van der Waals surface area contributed by atoms with Crippen LogP contribution in [0.3, 0.4) is 0 Å². The summed E-state index contributed by atoms with van der Waals surface area (Å²) in [5.74, 6) is 0.225. The molecule has 2 aromatic carbocycles. The first-order chi connectivity index (χ1) is 9.60. The van der Waals surface area contributed by atoms with E-state index in [0.717, 1.165) is 11.1 Å². The van der Waals surface area contributed by atoms with Crippen LogP contribution in [-0.2, 0) is 6.61 Å². The van der Waals surface area contributed by atoms with Crippen molar-refractivity contribution >= 4 is 5.69 Å². The highest BCUT2D eigenvalue weighted by atomic mass is 16.6. The average Bonchev–Trinajstić information content (AvgIpc) is 2.46. The van der Waals surface area contributed by atoms with Gasteiger partial charge in [-0.25, -0.2) is 0 Å². The van der Waals surface area contributed by atoms with Crippen LogP contribution < -0.4 is 4.74 Å². The molecule has 5 heteroatoms. The number of nitriles is 1. The van der Waals surface area contributed by atoms with Crippen molar-refractivity contribution in [3.63, 3.8) is 0 Å². The Hall–Kier alpha value is -2.87. The van der Waals surface area contributed by atoms with Crippen molar-refractivity contribution in [1.82, 2.24) is 0 Å². The van der Waals surface area contributed by atoms with E-state index in [1.807, 2.05) is 6.07 Å². The third-order valence-corrected chi connectivity index (χ3v) is 2.76. The van der Waals surface area contributed by atoms with Crippen LogP contribution in [-0.4, -0.2) is 4.92 Å². The molecule has 0 bridgehead atoms. The SMILES string of the molecule is Cc1ccc(OCc2cccc(C#N)c2)c([N+](=O)[O-])c1. The van der Waals surface area contributed by atoms with Crippen molar-refractivity contribution in [1.29, 1.82) is 5.26 Å². The lowest BCUT2D eigenvalue weighted by Gasteiger charge is -2.07. The molecular formula is C15H12N2O3. The van der Waals surface area contributed by atoms with Gasteiger partial charge in [-0.05, 0) is 36.2 Å². The van der Waals surface area contributed by atoms with E-state index in [4.69, 9.17) is 10.00 Å². The minimum absolute atomic E-state index is 0.0542. The first-order valence-corrected chi connectivity index (χ1v) is 5.97. The summed E-state index contributed by atoms with van der Waals surface area (Å²) >= 11 is 0. The molecule has 100 valence electrons. The highest BCUT2D eigenvalue weighted by Gasteiger charge is 2.15. The van der Waals surface area contributed by atoms with E-state index in [2.05, 4.69) is 0 Å². The van der Waals surface area contributed by atoms with E-state index in [1.54, 1.807) is 43.3 Å². The summed E-state index contributed by atoms with van der Waals surface area (Å²) < 4.78 is 5.49. The molecule has 0 aromatic heterocycles. The largest absolute Gasteiger partial charge is 0.482 e. The summed E-state index contributed by atoms with van der Waals surface area (Å²) in [7, 11) is 0. The summed E-state index contributed by atoms with van der Waals surface area (Å²) in [5, 5.41) is 19.8. The van der Waals surface area contributed by atoms with Crippen LogP contribution in [0.2, 0.25) is 0 Å². The molecule has 5 nitrogen and oxygen atoms in total. The number of nitro benzene ring substituents is 1. The highest BCUT2D eigenvalue weighted by molar-refractivity contribution is 5.48. The number of nitrogens with zero attached hydrogens (tertiary/aromatic N) is 2. The molecule has 20 heavy (non-hydrogen) atoms. The summed E-state index contributed by atoms with van der Waals surface area (Å²) in [4.78, 5) is 10.5. The van der Waals surface area contributed by atoms with E-state index in [0.29, 0.717) is 5.56 Å². The maximum absolute atomic E-state index is 11.0. The Labute approximate surface area is 116 Å². The van der Waals surface area contributed by atoms with Crippen LogP contribution in [0.5, 0.6) is 5.75 Å². The first kappa shape index (κ1) is 13.6. The van der Waals surface area contributed by atoms with Gasteiger partial charge in [0.05, 0.1) is 16.6 Å². The molecule has 0 N–H and O–H groups in total. The molecular weight excluding hydrogens is 256 g/mol. The lowest BCUT2D eigenvalue weighted by atomic mass is 10.1. The van der Waals surface area contributed by atoms with Crippen LogP contribution in [0.1, 0.15) is 16.7 Å². The number of hydrogen-bond acceptors (Lipinski definition) is 4. The van der Waals surface area contributed by atoms with Gasteiger partial charge in [0.15, 0.2) is 5.75 Å². The normalized spacial score (nSPS) is 9.80. The molecule has 0 heterocycles. The second-order valence-electron chi connectivity index (χ2n) is 4.33. The second kappa shape index (κ2) is 5.85. The predicted molar refractivity (Wildman–Crippen MR) is 73.3 cm³/mol. The van der Waals surface area contributed by atoms with Gasteiger partial charge in [-0.2, -0.15) is 5.26 Å². The molecule has 0 aliphatic carbocycles. The first-order valence-electron chi connectivity index (χ1n) is 5.97. The maximum atomic E-state index is 11.0. The molecule has 0 saturated heterocycles.